The second-order valence-corrected chi connectivity index (χ2v) is 9.17. The standard InChI is InChI=1S/C29H34N2O2.2ClH/c1-4-10-23(11-5-1)29(31-20-18-30-19-21-31)24-16-17-27(32-25-12-6-2-7-13-25)28(22-24)33-26-14-8-3-9-15-26;;/h2-3,6-9,12-17,22-23,29-30H,1,4-5,10-11,18-21H2;2*1H/t29-;;/m1../s1. The Bertz CT molecular complexity index is 990. The third-order valence-electron chi connectivity index (χ3n) is 6.89. The third kappa shape index (κ3) is 7.14. The molecule has 5 rings (SSSR count). The Balaban J connectivity index is 0.00000171. The maximum absolute atomic E-state index is 6.39. The third-order valence-corrected chi connectivity index (χ3v) is 6.89. The lowest BCUT2D eigenvalue weighted by atomic mass is 9.80. The molecule has 2 fully saturated rings. The van der Waals surface area contributed by atoms with Crippen molar-refractivity contribution in [1.82, 2.24) is 10.2 Å². The van der Waals surface area contributed by atoms with Gasteiger partial charge in [-0.15, -0.1) is 24.8 Å². The van der Waals surface area contributed by atoms with Crippen LogP contribution in [0.1, 0.15) is 43.7 Å². The molecule has 1 aliphatic carbocycles. The van der Waals surface area contributed by atoms with Crippen molar-refractivity contribution in [3.8, 4) is 23.0 Å². The fourth-order valence-corrected chi connectivity index (χ4v) is 5.30. The number of hydrogen-bond acceptors (Lipinski definition) is 4. The van der Waals surface area contributed by atoms with Gasteiger partial charge in [-0.2, -0.15) is 0 Å². The summed E-state index contributed by atoms with van der Waals surface area (Å²) in [5.74, 6) is 3.86. The second kappa shape index (κ2) is 13.7. The van der Waals surface area contributed by atoms with Crippen LogP contribution < -0.4 is 14.8 Å². The van der Waals surface area contributed by atoms with Crippen molar-refractivity contribution in [2.24, 2.45) is 5.92 Å². The molecule has 2 aliphatic rings. The second-order valence-electron chi connectivity index (χ2n) is 9.17. The largest absolute Gasteiger partial charge is 0.453 e. The Morgan fingerprint density at radius 1 is 0.686 bits per heavy atom. The van der Waals surface area contributed by atoms with Gasteiger partial charge in [0.2, 0.25) is 0 Å². The smallest absolute Gasteiger partial charge is 0.170 e. The highest BCUT2D eigenvalue weighted by atomic mass is 35.5. The minimum atomic E-state index is 0. The molecule has 1 heterocycles. The average molecular weight is 516 g/mol. The molecule has 1 atom stereocenters. The van der Waals surface area contributed by atoms with E-state index in [0.717, 1.165) is 49.2 Å². The molecule has 1 saturated heterocycles. The summed E-state index contributed by atoms with van der Waals surface area (Å²) in [5.41, 5.74) is 1.34. The Morgan fingerprint density at radius 3 is 1.86 bits per heavy atom. The first kappa shape index (κ1) is 27.3. The van der Waals surface area contributed by atoms with E-state index in [0.29, 0.717) is 12.0 Å². The normalized spacial score (nSPS) is 17.5. The van der Waals surface area contributed by atoms with Crippen LogP contribution in [-0.2, 0) is 0 Å². The highest BCUT2D eigenvalue weighted by molar-refractivity contribution is 5.85. The van der Waals surface area contributed by atoms with Crippen LogP contribution in [0.2, 0.25) is 0 Å². The van der Waals surface area contributed by atoms with Crippen molar-refractivity contribution in [3.63, 3.8) is 0 Å². The van der Waals surface area contributed by atoms with Crippen molar-refractivity contribution in [1.29, 1.82) is 0 Å². The first-order valence-corrected chi connectivity index (χ1v) is 12.4. The number of piperazine rings is 1. The average Bonchev–Trinajstić information content (AvgIpc) is 2.88. The van der Waals surface area contributed by atoms with Gasteiger partial charge in [-0.1, -0.05) is 61.7 Å². The summed E-state index contributed by atoms with van der Waals surface area (Å²) in [6.45, 7) is 4.31. The monoisotopic (exact) mass is 514 g/mol. The lowest BCUT2D eigenvalue weighted by Crippen LogP contribution is -2.47. The topological polar surface area (TPSA) is 33.7 Å². The summed E-state index contributed by atoms with van der Waals surface area (Å²) < 4.78 is 12.7. The number of halogens is 2. The molecule has 0 amide bonds. The summed E-state index contributed by atoms with van der Waals surface area (Å²) in [5, 5.41) is 3.52. The number of rotatable bonds is 7. The van der Waals surface area contributed by atoms with Crippen LogP contribution in [0, 0.1) is 5.92 Å². The summed E-state index contributed by atoms with van der Waals surface area (Å²) >= 11 is 0. The van der Waals surface area contributed by atoms with E-state index in [1.54, 1.807) is 0 Å². The fraction of sp³-hybridized carbons (Fsp3) is 0.379. The molecule has 1 N–H and O–H groups in total. The molecule has 0 aromatic heterocycles. The summed E-state index contributed by atoms with van der Waals surface area (Å²) in [6, 6.07) is 27.0. The zero-order valence-electron chi connectivity index (χ0n) is 20.1. The highest BCUT2D eigenvalue weighted by Crippen LogP contribution is 2.43. The number of benzene rings is 3. The first-order valence-electron chi connectivity index (χ1n) is 12.4. The van der Waals surface area contributed by atoms with Crippen molar-refractivity contribution < 1.29 is 9.47 Å². The molecular formula is C29H36Cl2N2O2. The van der Waals surface area contributed by atoms with Gasteiger partial charge < -0.3 is 14.8 Å². The molecule has 4 nitrogen and oxygen atoms in total. The molecular weight excluding hydrogens is 479 g/mol. The summed E-state index contributed by atoms with van der Waals surface area (Å²) in [7, 11) is 0. The molecule has 6 heteroatoms. The van der Waals surface area contributed by atoms with E-state index in [2.05, 4.69) is 28.4 Å². The summed E-state index contributed by atoms with van der Waals surface area (Å²) in [4.78, 5) is 2.69. The maximum atomic E-state index is 6.39. The van der Waals surface area contributed by atoms with Gasteiger partial charge in [0, 0.05) is 32.2 Å². The van der Waals surface area contributed by atoms with Gasteiger partial charge in [0.1, 0.15) is 11.5 Å². The number of hydrogen-bond donors (Lipinski definition) is 1. The van der Waals surface area contributed by atoms with Gasteiger partial charge in [0.05, 0.1) is 0 Å². The summed E-state index contributed by atoms with van der Waals surface area (Å²) in [6.07, 6.45) is 6.68. The highest BCUT2D eigenvalue weighted by Gasteiger charge is 2.31. The molecule has 3 aromatic rings. The SMILES string of the molecule is Cl.Cl.c1ccc(Oc2ccc([C@@H](C3CCCCC3)N3CCNCC3)cc2Oc2ccccc2)cc1. The molecule has 188 valence electrons. The predicted molar refractivity (Wildman–Crippen MR) is 148 cm³/mol. The molecule has 1 aliphatic heterocycles. The number of nitrogens with one attached hydrogen (secondary N) is 1. The van der Waals surface area contributed by atoms with E-state index in [-0.39, 0.29) is 24.8 Å². The Kier molecular flexibility index (Phi) is 10.7. The number of ether oxygens (including phenoxy) is 2. The fourth-order valence-electron chi connectivity index (χ4n) is 5.30. The van der Waals surface area contributed by atoms with Crippen LogP contribution in [0.4, 0.5) is 0 Å². The Hall–Kier alpha value is -2.24. The van der Waals surface area contributed by atoms with E-state index in [1.165, 1.54) is 37.7 Å². The first-order chi connectivity index (χ1) is 16.4. The van der Waals surface area contributed by atoms with Gasteiger partial charge in [-0.05, 0) is 60.7 Å². The van der Waals surface area contributed by atoms with Crippen LogP contribution in [-0.4, -0.2) is 31.1 Å². The maximum Gasteiger partial charge on any atom is 0.170 e. The van der Waals surface area contributed by atoms with Gasteiger partial charge in [0.15, 0.2) is 11.5 Å². The lowest BCUT2D eigenvalue weighted by molar-refractivity contribution is 0.103. The van der Waals surface area contributed by atoms with E-state index in [1.807, 2.05) is 60.7 Å². The number of para-hydroxylation sites is 2. The van der Waals surface area contributed by atoms with E-state index >= 15 is 0 Å². The molecule has 35 heavy (non-hydrogen) atoms. The molecule has 0 spiro atoms. The van der Waals surface area contributed by atoms with Gasteiger partial charge in [0.25, 0.3) is 0 Å². The van der Waals surface area contributed by atoms with E-state index in [9.17, 15) is 0 Å². The van der Waals surface area contributed by atoms with Crippen molar-refractivity contribution in [3.05, 3.63) is 84.4 Å². The van der Waals surface area contributed by atoms with Crippen LogP contribution in [0.15, 0.2) is 78.9 Å². The van der Waals surface area contributed by atoms with Crippen LogP contribution in [0.3, 0.4) is 0 Å². The predicted octanol–water partition coefficient (Wildman–Crippen LogP) is 7.64. The van der Waals surface area contributed by atoms with E-state index < -0.39 is 0 Å². The van der Waals surface area contributed by atoms with Gasteiger partial charge >= 0.3 is 0 Å². The van der Waals surface area contributed by atoms with Crippen molar-refractivity contribution >= 4 is 24.8 Å². The van der Waals surface area contributed by atoms with Gasteiger partial charge in [-0.3, -0.25) is 4.90 Å². The van der Waals surface area contributed by atoms with E-state index in [4.69, 9.17) is 9.47 Å². The number of nitrogens with zero attached hydrogens (tertiary/aromatic N) is 1. The Morgan fingerprint density at radius 2 is 1.26 bits per heavy atom. The van der Waals surface area contributed by atoms with Crippen LogP contribution in [0.5, 0.6) is 23.0 Å². The molecule has 0 radical (unpaired) electrons. The minimum absolute atomic E-state index is 0. The van der Waals surface area contributed by atoms with Gasteiger partial charge in [-0.25, -0.2) is 0 Å². The molecule has 3 aromatic carbocycles. The molecule has 0 bridgehead atoms. The van der Waals surface area contributed by atoms with Crippen molar-refractivity contribution in [2.45, 2.75) is 38.1 Å². The minimum Gasteiger partial charge on any atom is -0.453 e. The quantitative estimate of drug-likeness (QED) is 0.351. The van der Waals surface area contributed by atoms with Crippen molar-refractivity contribution in [2.75, 3.05) is 26.2 Å². The van der Waals surface area contributed by atoms with Crippen LogP contribution in [0.25, 0.3) is 0 Å². The zero-order chi connectivity index (χ0) is 22.3. The zero-order valence-corrected chi connectivity index (χ0v) is 21.7. The molecule has 1 saturated carbocycles. The lowest BCUT2D eigenvalue weighted by Gasteiger charge is -2.41. The van der Waals surface area contributed by atoms with Crippen LogP contribution >= 0.6 is 24.8 Å². The Labute approximate surface area is 221 Å². The molecule has 0 unspecified atom stereocenters.